The van der Waals surface area contributed by atoms with E-state index in [1.54, 1.807) is 13.0 Å². The maximum absolute atomic E-state index is 10.8. The van der Waals surface area contributed by atoms with Crippen LogP contribution in [0.25, 0.3) is 11.3 Å². The summed E-state index contributed by atoms with van der Waals surface area (Å²) in [6.45, 7) is 5.84. The summed E-state index contributed by atoms with van der Waals surface area (Å²) in [5.41, 5.74) is 4.62. The Morgan fingerprint density at radius 2 is 1.68 bits per heavy atom. The van der Waals surface area contributed by atoms with Gasteiger partial charge < -0.3 is 5.11 Å². The number of nitrogens with zero attached hydrogens (tertiary/aromatic N) is 2. The molecule has 1 N–H and O–H groups in total. The molecule has 0 bridgehead atoms. The van der Waals surface area contributed by atoms with Gasteiger partial charge in [-0.3, -0.25) is 4.79 Å². The van der Waals surface area contributed by atoms with Gasteiger partial charge in [-0.2, -0.15) is 0 Å². The highest BCUT2D eigenvalue weighted by molar-refractivity contribution is 5.70. The molecule has 19 heavy (non-hydrogen) atoms. The van der Waals surface area contributed by atoms with E-state index < -0.39 is 5.97 Å². The van der Waals surface area contributed by atoms with Crippen LogP contribution in [0.4, 0.5) is 0 Å². The topological polar surface area (TPSA) is 63.1 Å². The molecule has 4 heteroatoms. The summed E-state index contributed by atoms with van der Waals surface area (Å²) < 4.78 is 0. The van der Waals surface area contributed by atoms with Gasteiger partial charge >= 0.3 is 5.97 Å². The van der Waals surface area contributed by atoms with E-state index in [9.17, 15) is 4.79 Å². The lowest BCUT2D eigenvalue weighted by Crippen LogP contribution is -2.05. The smallest absolute Gasteiger partial charge is 0.309 e. The van der Waals surface area contributed by atoms with Gasteiger partial charge in [-0.25, -0.2) is 9.97 Å². The number of hydrogen-bond donors (Lipinski definition) is 1. The first-order chi connectivity index (χ1) is 8.94. The first-order valence-electron chi connectivity index (χ1n) is 6.09. The Bertz CT molecular complexity index is 616. The molecular formula is C15H16N2O2. The third kappa shape index (κ3) is 3.37. The van der Waals surface area contributed by atoms with Crippen LogP contribution in [0.1, 0.15) is 22.6 Å². The van der Waals surface area contributed by atoms with Crippen LogP contribution < -0.4 is 0 Å². The lowest BCUT2D eigenvalue weighted by molar-refractivity contribution is -0.136. The Labute approximate surface area is 112 Å². The summed E-state index contributed by atoms with van der Waals surface area (Å²) in [6, 6.07) is 7.92. The maximum atomic E-state index is 10.8. The number of carboxylic acids is 1. The third-order valence-electron chi connectivity index (χ3n) is 2.74. The average Bonchev–Trinajstić information content (AvgIpc) is 2.25. The van der Waals surface area contributed by atoms with Crippen molar-refractivity contribution in [1.82, 2.24) is 9.97 Å². The van der Waals surface area contributed by atoms with E-state index in [1.807, 2.05) is 26.0 Å². The minimum atomic E-state index is -0.885. The van der Waals surface area contributed by atoms with Crippen LogP contribution in [0, 0.1) is 20.8 Å². The van der Waals surface area contributed by atoms with Crippen LogP contribution in [0.15, 0.2) is 24.3 Å². The first-order valence-corrected chi connectivity index (χ1v) is 6.09. The van der Waals surface area contributed by atoms with Crippen LogP contribution in [0.2, 0.25) is 0 Å². The van der Waals surface area contributed by atoms with E-state index in [2.05, 4.69) is 16.0 Å². The molecule has 0 spiro atoms. The van der Waals surface area contributed by atoms with Gasteiger partial charge in [-0.15, -0.1) is 0 Å². The van der Waals surface area contributed by atoms with Crippen molar-refractivity contribution in [3.63, 3.8) is 0 Å². The molecule has 0 aliphatic carbocycles. The predicted molar refractivity (Wildman–Crippen MR) is 73.0 cm³/mol. The molecule has 2 rings (SSSR count). The van der Waals surface area contributed by atoms with E-state index in [0.29, 0.717) is 11.5 Å². The van der Waals surface area contributed by atoms with Crippen LogP contribution in [-0.4, -0.2) is 21.0 Å². The lowest BCUT2D eigenvalue weighted by Gasteiger charge is -2.07. The Morgan fingerprint density at radius 3 is 2.26 bits per heavy atom. The highest BCUT2D eigenvalue weighted by atomic mass is 16.4. The second kappa shape index (κ2) is 5.18. The minimum Gasteiger partial charge on any atom is -0.481 e. The molecule has 98 valence electrons. The maximum Gasteiger partial charge on any atom is 0.309 e. The second-order valence-corrected chi connectivity index (χ2v) is 4.74. The van der Waals surface area contributed by atoms with Gasteiger partial charge in [-0.05, 0) is 39.0 Å². The van der Waals surface area contributed by atoms with E-state index in [4.69, 9.17) is 5.11 Å². The van der Waals surface area contributed by atoms with Gasteiger partial charge in [0.25, 0.3) is 0 Å². The molecule has 0 saturated heterocycles. The lowest BCUT2D eigenvalue weighted by atomic mass is 10.0. The number of aryl methyl sites for hydroxylation is 3. The molecule has 0 amide bonds. The Balaban J connectivity index is 2.49. The molecule has 0 fully saturated rings. The molecular weight excluding hydrogens is 240 g/mol. The zero-order chi connectivity index (χ0) is 14.0. The summed E-state index contributed by atoms with van der Waals surface area (Å²) >= 11 is 0. The van der Waals surface area contributed by atoms with E-state index in [0.717, 1.165) is 22.4 Å². The van der Waals surface area contributed by atoms with Crippen LogP contribution in [-0.2, 0) is 11.2 Å². The third-order valence-corrected chi connectivity index (χ3v) is 2.74. The van der Waals surface area contributed by atoms with E-state index in [1.165, 1.54) is 0 Å². The molecule has 2 aromatic rings. The number of carbonyl (C=O) groups is 1. The number of benzene rings is 1. The summed E-state index contributed by atoms with van der Waals surface area (Å²) in [5, 5.41) is 8.85. The zero-order valence-electron chi connectivity index (χ0n) is 11.3. The van der Waals surface area contributed by atoms with Gasteiger partial charge in [0, 0.05) is 5.56 Å². The number of hydrogen-bond acceptors (Lipinski definition) is 3. The number of carboxylic acid groups (broad SMARTS) is 1. The quantitative estimate of drug-likeness (QED) is 0.917. The number of aromatic nitrogens is 2. The van der Waals surface area contributed by atoms with Gasteiger partial charge in [0.15, 0.2) is 0 Å². The van der Waals surface area contributed by atoms with Crippen LogP contribution in [0.3, 0.4) is 0 Å². The van der Waals surface area contributed by atoms with Crippen molar-refractivity contribution in [2.45, 2.75) is 27.2 Å². The van der Waals surface area contributed by atoms with E-state index >= 15 is 0 Å². The second-order valence-electron chi connectivity index (χ2n) is 4.74. The van der Waals surface area contributed by atoms with Gasteiger partial charge in [-0.1, -0.05) is 17.2 Å². The van der Waals surface area contributed by atoms with Crippen molar-refractivity contribution in [2.24, 2.45) is 0 Å². The molecule has 1 aromatic carbocycles. The van der Waals surface area contributed by atoms with Crippen molar-refractivity contribution >= 4 is 5.97 Å². The number of aliphatic carboxylic acids is 1. The fraction of sp³-hybridized carbons (Fsp3) is 0.267. The summed E-state index contributed by atoms with van der Waals surface area (Å²) in [7, 11) is 0. The van der Waals surface area contributed by atoms with Crippen molar-refractivity contribution in [2.75, 3.05) is 0 Å². The summed E-state index contributed by atoms with van der Waals surface area (Å²) in [4.78, 5) is 19.3. The van der Waals surface area contributed by atoms with Gasteiger partial charge in [0.1, 0.15) is 5.82 Å². The normalized spacial score (nSPS) is 10.5. The Hall–Kier alpha value is -2.23. The average molecular weight is 256 g/mol. The van der Waals surface area contributed by atoms with Crippen molar-refractivity contribution in [3.8, 4) is 11.3 Å². The van der Waals surface area contributed by atoms with Gasteiger partial charge in [0.2, 0.25) is 0 Å². The summed E-state index contributed by atoms with van der Waals surface area (Å²) in [6.07, 6.45) is -0.0822. The largest absolute Gasteiger partial charge is 0.481 e. The number of rotatable bonds is 3. The Kier molecular flexibility index (Phi) is 3.60. The molecule has 4 nitrogen and oxygen atoms in total. The fourth-order valence-corrected chi connectivity index (χ4v) is 2.15. The molecule has 1 aromatic heterocycles. The monoisotopic (exact) mass is 256 g/mol. The SMILES string of the molecule is Cc1cc(C)cc(-c2cc(CC(=O)O)nc(C)n2)c1. The molecule has 0 unspecified atom stereocenters. The molecule has 0 saturated carbocycles. The molecule has 0 aliphatic rings. The molecule has 0 atom stereocenters. The molecule has 1 heterocycles. The zero-order valence-corrected chi connectivity index (χ0v) is 11.3. The minimum absolute atomic E-state index is 0.0822. The fourth-order valence-electron chi connectivity index (χ4n) is 2.15. The van der Waals surface area contributed by atoms with E-state index in [-0.39, 0.29) is 6.42 Å². The Morgan fingerprint density at radius 1 is 1.05 bits per heavy atom. The molecule has 0 aliphatic heterocycles. The van der Waals surface area contributed by atoms with Crippen LogP contribution >= 0.6 is 0 Å². The standard InChI is InChI=1S/C15H16N2O2/c1-9-4-10(2)6-12(5-9)14-7-13(8-15(18)19)16-11(3)17-14/h4-7H,8H2,1-3H3,(H,18,19). The van der Waals surface area contributed by atoms with Crippen molar-refractivity contribution < 1.29 is 9.90 Å². The van der Waals surface area contributed by atoms with Gasteiger partial charge in [0.05, 0.1) is 17.8 Å². The van der Waals surface area contributed by atoms with Crippen LogP contribution in [0.5, 0.6) is 0 Å². The summed E-state index contributed by atoms with van der Waals surface area (Å²) in [5.74, 6) is -0.294. The predicted octanol–water partition coefficient (Wildman–Crippen LogP) is 2.70. The van der Waals surface area contributed by atoms with Crippen molar-refractivity contribution in [1.29, 1.82) is 0 Å². The highest BCUT2D eigenvalue weighted by Gasteiger charge is 2.08. The van der Waals surface area contributed by atoms with Crippen molar-refractivity contribution in [3.05, 3.63) is 46.9 Å². The highest BCUT2D eigenvalue weighted by Crippen LogP contribution is 2.21. The molecule has 0 radical (unpaired) electrons. The first kappa shape index (κ1) is 13.2.